The van der Waals surface area contributed by atoms with Crippen LogP contribution in [0.5, 0.6) is 0 Å². The summed E-state index contributed by atoms with van der Waals surface area (Å²) in [6.45, 7) is 3.16. The predicted octanol–water partition coefficient (Wildman–Crippen LogP) is 1.64. The zero-order valence-corrected chi connectivity index (χ0v) is 12.4. The fourth-order valence-corrected chi connectivity index (χ4v) is 3.22. The quantitative estimate of drug-likeness (QED) is 0.861. The van der Waals surface area contributed by atoms with Crippen LogP contribution in [0, 0.1) is 5.92 Å². The molecule has 0 bridgehead atoms. The van der Waals surface area contributed by atoms with E-state index in [1.54, 1.807) is 18.4 Å². The van der Waals surface area contributed by atoms with Crippen molar-refractivity contribution in [1.29, 1.82) is 0 Å². The Morgan fingerprint density at radius 1 is 1.58 bits per heavy atom. The number of methoxy groups -OCH3 is 1. The molecule has 0 aliphatic carbocycles. The van der Waals surface area contributed by atoms with Gasteiger partial charge in [0, 0.05) is 27.3 Å². The van der Waals surface area contributed by atoms with E-state index in [0.29, 0.717) is 12.5 Å². The molecule has 1 aliphatic heterocycles. The Bertz CT molecular complexity index is 391. The highest BCUT2D eigenvalue weighted by Gasteiger charge is 2.19. The van der Waals surface area contributed by atoms with Gasteiger partial charge in [0.2, 0.25) is 0 Å². The lowest BCUT2D eigenvalue weighted by atomic mass is 10.0. The van der Waals surface area contributed by atoms with Crippen molar-refractivity contribution in [2.24, 2.45) is 5.92 Å². The maximum atomic E-state index is 9.34. The molecule has 1 aromatic heterocycles. The number of thiazole rings is 1. The molecule has 6 heteroatoms. The van der Waals surface area contributed by atoms with Crippen LogP contribution in [0.2, 0.25) is 0 Å². The van der Waals surface area contributed by atoms with Crippen LogP contribution in [-0.4, -0.2) is 44.0 Å². The van der Waals surface area contributed by atoms with Crippen molar-refractivity contribution in [3.8, 4) is 0 Å². The van der Waals surface area contributed by atoms with E-state index in [4.69, 9.17) is 9.47 Å². The third kappa shape index (κ3) is 3.89. The SMILES string of the molecule is COCc1nc(N(C)CC2CCCOC2)sc1CO. The zero-order valence-electron chi connectivity index (χ0n) is 11.6. The molecule has 2 rings (SSSR count). The van der Waals surface area contributed by atoms with Crippen molar-refractivity contribution < 1.29 is 14.6 Å². The molecule has 1 aliphatic rings. The number of hydrogen-bond acceptors (Lipinski definition) is 6. The summed E-state index contributed by atoms with van der Waals surface area (Å²) >= 11 is 1.54. The molecule has 0 saturated carbocycles. The molecule has 2 heterocycles. The van der Waals surface area contributed by atoms with Crippen LogP contribution >= 0.6 is 11.3 Å². The van der Waals surface area contributed by atoms with Crippen molar-refractivity contribution >= 4 is 16.5 Å². The molecule has 1 saturated heterocycles. The van der Waals surface area contributed by atoms with Gasteiger partial charge in [0.1, 0.15) is 0 Å². The number of anilines is 1. The summed E-state index contributed by atoms with van der Waals surface area (Å²) in [5, 5.41) is 10.3. The van der Waals surface area contributed by atoms with Crippen molar-refractivity contribution in [1.82, 2.24) is 4.98 Å². The molecule has 1 aromatic rings. The lowest BCUT2D eigenvalue weighted by molar-refractivity contribution is 0.0576. The van der Waals surface area contributed by atoms with Gasteiger partial charge in [-0.3, -0.25) is 0 Å². The number of hydrogen-bond donors (Lipinski definition) is 1. The van der Waals surface area contributed by atoms with Crippen LogP contribution in [0.15, 0.2) is 0 Å². The maximum Gasteiger partial charge on any atom is 0.185 e. The molecule has 0 radical (unpaired) electrons. The minimum atomic E-state index is 0.0245. The van der Waals surface area contributed by atoms with Gasteiger partial charge < -0.3 is 19.5 Å². The van der Waals surface area contributed by atoms with E-state index < -0.39 is 0 Å². The van der Waals surface area contributed by atoms with Crippen molar-refractivity contribution in [3.63, 3.8) is 0 Å². The topological polar surface area (TPSA) is 54.8 Å². The highest BCUT2D eigenvalue weighted by atomic mass is 32.1. The first-order chi connectivity index (χ1) is 9.24. The summed E-state index contributed by atoms with van der Waals surface area (Å²) in [7, 11) is 3.69. The fraction of sp³-hybridized carbons (Fsp3) is 0.769. The molecule has 0 aromatic carbocycles. The van der Waals surface area contributed by atoms with Gasteiger partial charge in [-0.15, -0.1) is 0 Å². The molecular formula is C13H22N2O3S. The number of rotatable bonds is 6. The first kappa shape index (κ1) is 14.7. The highest BCUT2D eigenvalue weighted by molar-refractivity contribution is 7.15. The molecule has 0 spiro atoms. The third-order valence-corrected chi connectivity index (χ3v) is 4.50. The Balaban J connectivity index is 1.99. The summed E-state index contributed by atoms with van der Waals surface area (Å²) in [5.74, 6) is 0.575. The Kier molecular flexibility index (Phi) is 5.57. The summed E-state index contributed by atoms with van der Waals surface area (Å²) in [5.41, 5.74) is 0.844. The molecule has 108 valence electrons. The summed E-state index contributed by atoms with van der Waals surface area (Å²) in [6.07, 6.45) is 2.36. The van der Waals surface area contributed by atoms with Gasteiger partial charge >= 0.3 is 0 Å². The van der Waals surface area contributed by atoms with Gasteiger partial charge in [-0.25, -0.2) is 4.98 Å². The summed E-state index contributed by atoms with van der Waals surface area (Å²) in [6, 6.07) is 0. The molecule has 0 amide bonds. The molecular weight excluding hydrogens is 264 g/mol. The minimum absolute atomic E-state index is 0.0245. The third-order valence-electron chi connectivity index (χ3n) is 3.30. The normalized spacial score (nSPS) is 19.6. The van der Waals surface area contributed by atoms with E-state index in [1.807, 2.05) is 7.05 Å². The predicted molar refractivity (Wildman–Crippen MR) is 75.6 cm³/mol. The number of aliphatic hydroxyl groups is 1. The van der Waals surface area contributed by atoms with Gasteiger partial charge in [0.05, 0.1) is 30.4 Å². The first-order valence-electron chi connectivity index (χ1n) is 6.61. The van der Waals surface area contributed by atoms with E-state index >= 15 is 0 Å². The van der Waals surface area contributed by atoms with Crippen LogP contribution in [-0.2, 0) is 22.7 Å². The van der Waals surface area contributed by atoms with E-state index in [1.165, 1.54) is 6.42 Å². The molecule has 19 heavy (non-hydrogen) atoms. The Morgan fingerprint density at radius 3 is 3.05 bits per heavy atom. The largest absolute Gasteiger partial charge is 0.391 e. The Hall–Kier alpha value is -0.690. The van der Waals surface area contributed by atoms with Crippen LogP contribution in [0.25, 0.3) is 0 Å². The van der Waals surface area contributed by atoms with Crippen molar-refractivity contribution in [3.05, 3.63) is 10.6 Å². The molecule has 1 unspecified atom stereocenters. The standard InChI is InChI=1S/C13H22N2O3S/c1-15(6-10-4-3-5-18-8-10)13-14-11(9-17-2)12(7-16)19-13/h10,16H,3-9H2,1-2H3. The lowest BCUT2D eigenvalue weighted by Gasteiger charge is -2.26. The molecule has 1 fully saturated rings. The Morgan fingerprint density at radius 2 is 2.42 bits per heavy atom. The van der Waals surface area contributed by atoms with Crippen LogP contribution in [0.3, 0.4) is 0 Å². The van der Waals surface area contributed by atoms with Gasteiger partial charge in [-0.1, -0.05) is 11.3 Å². The molecule has 1 atom stereocenters. The van der Waals surface area contributed by atoms with E-state index in [2.05, 4.69) is 9.88 Å². The van der Waals surface area contributed by atoms with Crippen molar-refractivity contribution in [2.45, 2.75) is 26.1 Å². The number of nitrogens with zero attached hydrogens (tertiary/aromatic N) is 2. The van der Waals surface area contributed by atoms with Crippen LogP contribution in [0.4, 0.5) is 5.13 Å². The van der Waals surface area contributed by atoms with Gasteiger partial charge in [-0.05, 0) is 18.8 Å². The zero-order chi connectivity index (χ0) is 13.7. The van der Waals surface area contributed by atoms with Crippen LogP contribution in [0.1, 0.15) is 23.4 Å². The maximum absolute atomic E-state index is 9.34. The molecule has 5 nitrogen and oxygen atoms in total. The number of aromatic nitrogens is 1. The average molecular weight is 286 g/mol. The van der Waals surface area contributed by atoms with Gasteiger partial charge in [-0.2, -0.15) is 0 Å². The van der Waals surface area contributed by atoms with Crippen LogP contribution < -0.4 is 4.90 Å². The van der Waals surface area contributed by atoms with E-state index in [0.717, 1.165) is 41.9 Å². The summed E-state index contributed by atoms with van der Waals surface area (Å²) < 4.78 is 10.6. The first-order valence-corrected chi connectivity index (χ1v) is 7.43. The summed E-state index contributed by atoms with van der Waals surface area (Å²) in [4.78, 5) is 7.60. The number of aliphatic hydroxyl groups excluding tert-OH is 1. The van der Waals surface area contributed by atoms with Gasteiger partial charge in [0.15, 0.2) is 5.13 Å². The molecule has 1 N–H and O–H groups in total. The Labute approximate surface area is 118 Å². The number of ether oxygens (including phenoxy) is 2. The lowest BCUT2D eigenvalue weighted by Crippen LogP contribution is -2.30. The second-order valence-electron chi connectivity index (χ2n) is 4.92. The van der Waals surface area contributed by atoms with E-state index in [9.17, 15) is 5.11 Å². The monoisotopic (exact) mass is 286 g/mol. The van der Waals surface area contributed by atoms with E-state index in [-0.39, 0.29) is 6.61 Å². The fourth-order valence-electron chi connectivity index (χ4n) is 2.32. The van der Waals surface area contributed by atoms with Crippen molar-refractivity contribution in [2.75, 3.05) is 38.8 Å². The highest BCUT2D eigenvalue weighted by Crippen LogP contribution is 2.27. The minimum Gasteiger partial charge on any atom is -0.391 e. The second kappa shape index (κ2) is 7.19. The average Bonchev–Trinajstić information content (AvgIpc) is 2.83. The second-order valence-corrected chi connectivity index (χ2v) is 5.98. The smallest absolute Gasteiger partial charge is 0.185 e. The van der Waals surface area contributed by atoms with Gasteiger partial charge in [0.25, 0.3) is 0 Å².